The third kappa shape index (κ3) is 3.16. The van der Waals surface area contributed by atoms with Crippen molar-refractivity contribution in [1.82, 2.24) is 5.32 Å². The van der Waals surface area contributed by atoms with Gasteiger partial charge in [0.15, 0.2) is 0 Å². The van der Waals surface area contributed by atoms with Gasteiger partial charge in [-0.25, -0.2) is 0 Å². The summed E-state index contributed by atoms with van der Waals surface area (Å²) in [6.45, 7) is 4.99. The lowest BCUT2D eigenvalue weighted by Gasteiger charge is -2.08. The maximum atomic E-state index is 10.0. The Kier molecular flexibility index (Phi) is 3.86. The standard InChI is InChI=1S/C8H7N3.C5H10O2/c9-7-5-3-1-2-4-6(5)8(10)11-7;1-5(2,3)4(6)7/h1-4H,(H3,9,10,11);1-3H3,(H,6,7). The van der Waals surface area contributed by atoms with Gasteiger partial charge in [0.05, 0.1) is 5.41 Å². The molecule has 0 aliphatic carbocycles. The van der Waals surface area contributed by atoms with E-state index in [1.54, 1.807) is 20.8 Å². The number of amidine groups is 2. The van der Waals surface area contributed by atoms with Crippen molar-refractivity contribution < 1.29 is 9.90 Å². The molecule has 96 valence electrons. The summed E-state index contributed by atoms with van der Waals surface area (Å²) in [6.07, 6.45) is 0. The highest BCUT2D eigenvalue weighted by atomic mass is 16.4. The molecule has 0 aromatic heterocycles. The van der Waals surface area contributed by atoms with Gasteiger partial charge < -0.3 is 10.4 Å². The van der Waals surface area contributed by atoms with Crippen molar-refractivity contribution in [2.45, 2.75) is 20.8 Å². The van der Waals surface area contributed by atoms with Crippen molar-refractivity contribution in [2.24, 2.45) is 5.41 Å². The van der Waals surface area contributed by atoms with Crippen LogP contribution in [0.3, 0.4) is 0 Å². The number of nitrogens with one attached hydrogen (secondary N) is 3. The fourth-order valence-electron chi connectivity index (χ4n) is 1.18. The highest BCUT2D eigenvalue weighted by Crippen LogP contribution is 2.13. The van der Waals surface area contributed by atoms with Gasteiger partial charge in [0.2, 0.25) is 0 Å². The fourth-order valence-corrected chi connectivity index (χ4v) is 1.18. The SMILES string of the molecule is CC(C)(C)C(=O)O.N=C1NC(=N)c2ccccc21. The lowest BCUT2D eigenvalue weighted by molar-refractivity contribution is -0.145. The molecule has 0 spiro atoms. The smallest absolute Gasteiger partial charge is 0.308 e. The first-order valence-electron chi connectivity index (χ1n) is 5.51. The second-order valence-corrected chi connectivity index (χ2v) is 4.98. The molecule has 0 unspecified atom stereocenters. The molecule has 5 nitrogen and oxygen atoms in total. The minimum atomic E-state index is -0.757. The lowest BCUT2D eigenvalue weighted by Crippen LogP contribution is -2.19. The third-order valence-corrected chi connectivity index (χ3v) is 2.36. The molecule has 2 rings (SSSR count). The minimum Gasteiger partial charge on any atom is -0.481 e. The van der Waals surface area contributed by atoms with Gasteiger partial charge in [-0.1, -0.05) is 24.3 Å². The van der Waals surface area contributed by atoms with Crippen LogP contribution in [0.4, 0.5) is 0 Å². The number of fused-ring (bicyclic) bond motifs is 1. The molecule has 0 fully saturated rings. The van der Waals surface area contributed by atoms with Crippen molar-refractivity contribution in [2.75, 3.05) is 0 Å². The summed E-state index contributed by atoms with van der Waals surface area (Å²) in [4.78, 5) is 10.0. The van der Waals surface area contributed by atoms with Gasteiger partial charge >= 0.3 is 5.97 Å². The van der Waals surface area contributed by atoms with Gasteiger partial charge in [0.25, 0.3) is 0 Å². The first kappa shape index (κ1) is 13.9. The quantitative estimate of drug-likeness (QED) is 0.565. The normalized spacial score (nSPS) is 13.3. The van der Waals surface area contributed by atoms with Crippen molar-refractivity contribution in [3.05, 3.63) is 35.4 Å². The van der Waals surface area contributed by atoms with E-state index in [0.717, 1.165) is 11.1 Å². The minimum absolute atomic E-state index is 0.325. The van der Waals surface area contributed by atoms with Crippen molar-refractivity contribution in [3.8, 4) is 0 Å². The zero-order valence-electron chi connectivity index (χ0n) is 10.7. The highest BCUT2D eigenvalue weighted by molar-refractivity contribution is 6.23. The molecule has 4 N–H and O–H groups in total. The van der Waals surface area contributed by atoms with E-state index in [-0.39, 0.29) is 0 Å². The van der Waals surface area contributed by atoms with Gasteiger partial charge in [-0.2, -0.15) is 0 Å². The number of benzene rings is 1. The number of carboxylic acid groups (broad SMARTS) is 1. The second kappa shape index (κ2) is 5.00. The van der Waals surface area contributed by atoms with Crippen LogP contribution in [0.15, 0.2) is 24.3 Å². The van der Waals surface area contributed by atoms with E-state index in [2.05, 4.69) is 5.32 Å². The molecule has 0 saturated carbocycles. The Morgan fingerprint density at radius 1 is 1.11 bits per heavy atom. The largest absolute Gasteiger partial charge is 0.481 e. The monoisotopic (exact) mass is 247 g/mol. The molecular formula is C13H17N3O2. The van der Waals surface area contributed by atoms with E-state index >= 15 is 0 Å². The summed E-state index contributed by atoms with van der Waals surface area (Å²) >= 11 is 0. The number of rotatable bonds is 0. The van der Waals surface area contributed by atoms with Crippen LogP contribution in [0.5, 0.6) is 0 Å². The maximum absolute atomic E-state index is 10.0. The Morgan fingerprint density at radius 3 is 1.72 bits per heavy atom. The average Bonchev–Trinajstić information content (AvgIpc) is 2.55. The van der Waals surface area contributed by atoms with E-state index in [1.807, 2.05) is 24.3 Å². The Hall–Kier alpha value is -2.17. The first-order chi connectivity index (χ1) is 8.23. The number of aliphatic carboxylic acids is 1. The topological polar surface area (TPSA) is 97.0 Å². The van der Waals surface area contributed by atoms with Gasteiger partial charge in [-0.3, -0.25) is 15.6 Å². The Bertz CT molecular complexity index is 468. The van der Waals surface area contributed by atoms with Gasteiger partial charge in [0, 0.05) is 11.1 Å². The molecule has 0 amide bonds. The zero-order chi connectivity index (χ0) is 13.9. The fraction of sp³-hybridized carbons (Fsp3) is 0.308. The predicted molar refractivity (Wildman–Crippen MR) is 70.3 cm³/mol. The Labute approximate surface area is 106 Å². The van der Waals surface area contributed by atoms with Crippen molar-refractivity contribution in [3.63, 3.8) is 0 Å². The zero-order valence-corrected chi connectivity index (χ0v) is 10.7. The van der Waals surface area contributed by atoms with Crippen molar-refractivity contribution in [1.29, 1.82) is 10.8 Å². The van der Waals surface area contributed by atoms with Crippen LogP contribution in [0, 0.1) is 16.2 Å². The summed E-state index contributed by atoms with van der Waals surface area (Å²) in [7, 11) is 0. The molecule has 18 heavy (non-hydrogen) atoms. The van der Waals surface area contributed by atoms with Gasteiger partial charge in [-0.15, -0.1) is 0 Å². The molecule has 5 heteroatoms. The molecule has 0 radical (unpaired) electrons. The molecule has 1 heterocycles. The van der Waals surface area contributed by atoms with Crippen LogP contribution in [-0.2, 0) is 4.79 Å². The highest BCUT2D eigenvalue weighted by Gasteiger charge is 2.19. The molecule has 1 aromatic rings. The average molecular weight is 247 g/mol. The van der Waals surface area contributed by atoms with E-state index in [9.17, 15) is 4.79 Å². The molecule has 0 atom stereocenters. The summed E-state index contributed by atoms with van der Waals surface area (Å²) in [5, 5.41) is 25.7. The molecule has 1 aliphatic heterocycles. The Morgan fingerprint density at radius 2 is 1.44 bits per heavy atom. The van der Waals surface area contributed by atoms with Crippen LogP contribution in [-0.4, -0.2) is 22.7 Å². The molecule has 0 bridgehead atoms. The molecule has 0 saturated heterocycles. The molecular weight excluding hydrogens is 230 g/mol. The molecule has 1 aromatic carbocycles. The Balaban J connectivity index is 0.000000203. The predicted octanol–water partition coefficient (Wildman–Crippen LogP) is 2.06. The van der Waals surface area contributed by atoms with E-state index in [4.69, 9.17) is 15.9 Å². The summed E-state index contributed by atoms with van der Waals surface area (Å²) < 4.78 is 0. The van der Waals surface area contributed by atoms with Crippen LogP contribution in [0.1, 0.15) is 31.9 Å². The van der Waals surface area contributed by atoms with Gasteiger partial charge in [-0.05, 0) is 20.8 Å². The number of hydrogen-bond acceptors (Lipinski definition) is 3. The maximum Gasteiger partial charge on any atom is 0.308 e. The third-order valence-electron chi connectivity index (χ3n) is 2.36. The van der Waals surface area contributed by atoms with Gasteiger partial charge in [0.1, 0.15) is 11.7 Å². The second-order valence-electron chi connectivity index (χ2n) is 4.98. The summed E-state index contributed by atoms with van der Waals surface area (Å²) in [6, 6.07) is 7.42. The van der Waals surface area contributed by atoms with Crippen LogP contribution < -0.4 is 5.32 Å². The lowest BCUT2D eigenvalue weighted by atomic mass is 9.98. The van der Waals surface area contributed by atoms with Crippen LogP contribution in [0.25, 0.3) is 0 Å². The number of carbonyl (C=O) groups is 1. The van der Waals surface area contributed by atoms with E-state index in [0.29, 0.717) is 11.7 Å². The first-order valence-corrected chi connectivity index (χ1v) is 5.51. The van der Waals surface area contributed by atoms with Crippen LogP contribution >= 0.6 is 0 Å². The number of hydrogen-bond donors (Lipinski definition) is 4. The van der Waals surface area contributed by atoms with E-state index < -0.39 is 11.4 Å². The molecule has 1 aliphatic rings. The summed E-state index contributed by atoms with van der Waals surface area (Å²) in [5.41, 5.74) is 1.05. The number of carboxylic acids is 1. The van der Waals surface area contributed by atoms with E-state index in [1.165, 1.54) is 0 Å². The summed E-state index contributed by atoms with van der Waals surface area (Å²) in [5.74, 6) is -0.108. The van der Waals surface area contributed by atoms with Crippen LogP contribution in [0.2, 0.25) is 0 Å². The van der Waals surface area contributed by atoms with Crippen molar-refractivity contribution >= 4 is 17.6 Å².